The molecular formula is C14H19NO3S. The smallest absolute Gasteiger partial charge is 0.248 e. The molecule has 0 bridgehead atoms. The second kappa shape index (κ2) is 8.70. The lowest BCUT2D eigenvalue weighted by atomic mass is 10.3. The molecule has 0 aromatic carbocycles. The molecule has 0 atom stereocenters. The van der Waals surface area contributed by atoms with Gasteiger partial charge in [-0.1, -0.05) is 18.8 Å². The van der Waals surface area contributed by atoms with Crippen LogP contribution in [-0.4, -0.2) is 42.8 Å². The van der Waals surface area contributed by atoms with Crippen molar-refractivity contribution in [3.63, 3.8) is 0 Å². The summed E-state index contributed by atoms with van der Waals surface area (Å²) in [6.07, 6.45) is 0.911. The van der Waals surface area contributed by atoms with Crippen LogP contribution in [0.5, 0.6) is 0 Å². The number of hydrogen-bond acceptors (Lipinski definition) is 4. The summed E-state index contributed by atoms with van der Waals surface area (Å²) in [6.45, 7) is 3.16. The minimum absolute atomic E-state index is 0.0253. The Hall–Kier alpha value is -1.35. The minimum Gasteiger partial charge on any atom is -0.384 e. The maximum atomic E-state index is 11.7. The van der Waals surface area contributed by atoms with Gasteiger partial charge in [-0.2, -0.15) is 0 Å². The first-order valence-electron chi connectivity index (χ1n) is 6.16. The lowest BCUT2D eigenvalue weighted by molar-refractivity contribution is -0.135. The molecule has 0 saturated heterocycles. The molecule has 0 radical (unpaired) electrons. The Bertz CT molecular complexity index is 459. The zero-order valence-corrected chi connectivity index (χ0v) is 12.1. The van der Waals surface area contributed by atoms with Crippen LogP contribution < -0.4 is 0 Å². The third-order valence-corrected chi connectivity index (χ3v) is 3.26. The third-order valence-electron chi connectivity index (χ3n) is 2.36. The molecule has 0 spiro atoms. The largest absolute Gasteiger partial charge is 0.384 e. The molecule has 0 fully saturated rings. The number of ether oxygens (including phenoxy) is 1. The molecule has 0 aliphatic heterocycles. The highest BCUT2D eigenvalue weighted by atomic mass is 32.1. The molecule has 0 aliphatic carbocycles. The van der Waals surface area contributed by atoms with Gasteiger partial charge >= 0.3 is 0 Å². The Labute approximate surface area is 118 Å². The van der Waals surface area contributed by atoms with Gasteiger partial charge in [-0.25, -0.2) is 0 Å². The first-order chi connectivity index (χ1) is 9.17. The lowest BCUT2D eigenvalue weighted by Crippen LogP contribution is -2.29. The third kappa shape index (κ3) is 5.88. The van der Waals surface area contributed by atoms with Gasteiger partial charge in [-0.3, -0.25) is 4.79 Å². The summed E-state index contributed by atoms with van der Waals surface area (Å²) >= 11 is 1.51. The van der Waals surface area contributed by atoms with Crippen LogP contribution in [0.15, 0.2) is 11.4 Å². The van der Waals surface area contributed by atoms with Gasteiger partial charge < -0.3 is 14.7 Å². The molecule has 1 amide bonds. The molecule has 0 saturated carbocycles. The van der Waals surface area contributed by atoms with Crippen molar-refractivity contribution in [3.05, 3.63) is 21.9 Å². The maximum Gasteiger partial charge on any atom is 0.248 e. The average molecular weight is 281 g/mol. The quantitative estimate of drug-likeness (QED) is 0.634. The first-order valence-corrected chi connectivity index (χ1v) is 7.04. The zero-order valence-electron chi connectivity index (χ0n) is 11.3. The molecule has 1 heterocycles. The van der Waals surface area contributed by atoms with E-state index in [1.807, 2.05) is 18.4 Å². The molecule has 0 aliphatic rings. The predicted octanol–water partition coefficient (Wildman–Crippen LogP) is 1.48. The Morgan fingerprint density at radius 3 is 3.05 bits per heavy atom. The van der Waals surface area contributed by atoms with E-state index in [9.17, 15) is 4.79 Å². The molecule has 1 N–H and O–H groups in total. The van der Waals surface area contributed by atoms with E-state index in [1.165, 1.54) is 11.3 Å². The highest BCUT2D eigenvalue weighted by Crippen LogP contribution is 2.15. The fourth-order valence-electron chi connectivity index (χ4n) is 1.43. The first kappa shape index (κ1) is 15.7. The fourth-order valence-corrected chi connectivity index (χ4v) is 2.20. The number of likely N-dealkylation sites (N-methyl/N-ethyl adjacent to an activating group) is 1. The number of rotatable bonds is 6. The summed E-state index contributed by atoms with van der Waals surface area (Å²) in [4.78, 5) is 14.3. The molecule has 0 unspecified atom stereocenters. The molecule has 19 heavy (non-hydrogen) atoms. The molecular weight excluding hydrogens is 262 g/mol. The minimum atomic E-state index is -0.139. The maximum absolute atomic E-state index is 11.7. The van der Waals surface area contributed by atoms with E-state index in [-0.39, 0.29) is 19.1 Å². The van der Waals surface area contributed by atoms with Gasteiger partial charge in [0.2, 0.25) is 5.91 Å². The van der Waals surface area contributed by atoms with Crippen molar-refractivity contribution in [2.45, 2.75) is 19.9 Å². The second-order valence-electron chi connectivity index (χ2n) is 4.08. The summed E-state index contributed by atoms with van der Waals surface area (Å²) < 4.78 is 5.22. The Morgan fingerprint density at radius 1 is 1.58 bits per heavy atom. The summed E-state index contributed by atoms with van der Waals surface area (Å²) in [7, 11) is 1.76. The summed E-state index contributed by atoms with van der Waals surface area (Å²) in [5.74, 6) is 5.43. The number of carbonyl (C=O) groups excluding carboxylic acids is 1. The van der Waals surface area contributed by atoms with E-state index in [0.717, 1.165) is 16.9 Å². The van der Waals surface area contributed by atoms with E-state index in [4.69, 9.17) is 9.84 Å². The Morgan fingerprint density at radius 2 is 2.37 bits per heavy atom. The molecule has 1 rings (SSSR count). The van der Waals surface area contributed by atoms with Crippen molar-refractivity contribution in [1.29, 1.82) is 0 Å². The van der Waals surface area contributed by atoms with Gasteiger partial charge in [-0.05, 0) is 23.4 Å². The number of aliphatic hydroxyl groups excluding tert-OH is 1. The van der Waals surface area contributed by atoms with Crippen molar-refractivity contribution in [2.24, 2.45) is 0 Å². The van der Waals surface area contributed by atoms with E-state index >= 15 is 0 Å². The number of aliphatic hydroxyl groups is 1. The molecule has 1 aromatic heterocycles. The predicted molar refractivity (Wildman–Crippen MR) is 75.9 cm³/mol. The van der Waals surface area contributed by atoms with Crippen LogP contribution in [0.3, 0.4) is 0 Å². The zero-order chi connectivity index (χ0) is 14.1. The number of hydrogen-bond donors (Lipinski definition) is 1. The van der Waals surface area contributed by atoms with Crippen molar-refractivity contribution in [3.8, 4) is 11.8 Å². The number of nitrogens with zero attached hydrogens (tertiary/aromatic N) is 1. The van der Waals surface area contributed by atoms with Crippen LogP contribution in [0.25, 0.3) is 0 Å². The second-order valence-corrected chi connectivity index (χ2v) is 4.99. The van der Waals surface area contributed by atoms with Crippen molar-refractivity contribution in [2.75, 3.05) is 26.9 Å². The molecule has 5 heteroatoms. The summed E-state index contributed by atoms with van der Waals surface area (Å²) in [6, 6.07) is 1.93. The Kier molecular flexibility index (Phi) is 7.19. The van der Waals surface area contributed by atoms with Crippen LogP contribution in [0, 0.1) is 11.8 Å². The van der Waals surface area contributed by atoms with Gasteiger partial charge in [0, 0.05) is 20.2 Å². The SMILES string of the molecule is CCCOCC(=O)N(C)Cc1csc(C#CCO)c1. The van der Waals surface area contributed by atoms with Crippen LogP contribution in [0.4, 0.5) is 0 Å². The van der Waals surface area contributed by atoms with Crippen LogP contribution in [0.2, 0.25) is 0 Å². The number of amides is 1. The molecule has 104 valence electrons. The highest BCUT2D eigenvalue weighted by Gasteiger charge is 2.10. The average Bonchev–Trinajstić information content (AvgIpc) is 2.84. The van der Waals surface area contributed by atoms with Crippen LogP contribution in [-0.2, 0) is 16.1 Å². The molecule has 4 nitrogen and oxygen atoms in total. The van der Waals surface area contributed by atoms with E-state index < -0.39 is 0 Å². The fraction of sp³-hybridized carbons (Fsp3) is 0.500. The summed E-state index contributed by atoms with van der Waals surface area (Å²) in [5, 5.41) is 10.6. The summed E-state index contributed by atoms with van der Waals surface area (Å²) in [5.41, 5.74) is 1.04. The van der Waals surface area contributed by atoms with E-state index in [1.54, 1.807) is 11.9 Å². The van der Waals surface area contributed by atoms with Crippen LogP contribution >= 0.6 is 11.3 Å². The normalized spacial score (nSPS) is 9.84. The van der Waals surface area contributed by atoms with Crippen LogP contribution in [0.1, 0.15) is 23.8 Å². The number of carbonyl (C=O) groups is 1. The number of thiophene rings is 1. The Balaban J connectivity index is 2.45. The van der Waals surface area contributed by atoms with Gasteiger partial charge in [0.15, 0.2) is 0 Å². The van der Waals surface area contributed by atoms with Gasteiger partial charge in [0.05, 0.1) is 4.88 Å². The highest BCUT2D eigenvalue weighted by molar-refractivity contribution is 7.10. The standard InChI is InChI=1S/C14H19NO3S/c1-3-7-18-10-14(17)15(2)9-12-8-13(19-11-12)5-4-6-16/h8,11,16H,3,6-7,9-10H2,1-2H3. The lowest BCUT2D eigenvalue weighted by Gasteiger charge is -2.16. The van der Waals surface area contributed by atoms with Gasteiger partial charge in [0.1, 0.15) is 13.2 Å². The monoisotopic (exact) mass is 281 g/mol. The topological polar surface area (TPSA) is 49.8 Å². The molecule has 1 aromatic rings. The van der Waals surface area contributed by atoms with E-state index in [0.29, 0.717) is 13.2 Å². The van der Waals surface area contributed by atoms with Gasteiger partial charge in [-0.15, -0.1) is 11.3 Å². The van der Waals surface area contributed by atoms with Crippen molar-refractivity contribution < 1.29 is 14.6 Å². The van der Waals surface area contributed by atoms with Crippen molar-refractivity contribution >= 4 is 17.2 Å². The van der Waals surface area contributed by atoms with E-state index in [2.05, 4.69) is 11.8 Å². The van der Waals surface area contributed by atoms with Crippen molar-refractivity contribution in [1.82, 2.24) is 4.90 Å². The van der Waals surface area contributed by atoms with Gasteiger partial charge in [0.25, 0.3) is 0 Å².